The van der Waals surface area contributed by atoms with Crippen LogP contribution in [0.3, 0.4) is 0 Å². The molecule has 2 aliphatic heterocycles. The van der Waals surface area contributed by atoms with E-state index in [0.29, 0.717) is 0 Å². The maximum Gasteiger partial charge on any atom is 0.491 e. The minimum atomic E-state index is -0.243. The average molecular weight is 288 g/mol. The van der Waals surface area contributed by atoms with E-state index in [4.69, 9.17) is 9.31 Å². The number of nitrogens with zero attached hydrogens (tertiary/aromatic N) is 1. The molecule has 0 N–H and O–H groups in total. The van der Waals surface area contributed by atoms with Gasteiger partial charge in [0, 0.05) is 29.2 Å². The van der Waals surface area contributed by atoms with Crippen LogP contribution in [0, 0.1) is 0 Å². The molecule has 16 heavy (non-hydrogen) atoms. The molecule has 0 saturated carbocycles. The molecule has 1 fully saturated rings. The predicted octanol–water partition coefficient (Wildman–Crippen LogP) is 2.56. The highest BCUT2D eigenvalue weighted by molar-refractivity contribution is 9.07. The van der Waals surface area contributed by atoms with Crippen LogP contribution in [-0.2, 0) is 9.31 Å². The van der Waals surface area contributed by atoms with Crippen LogP contribution in [0.5, 0.6) is 0 Å². The van der Waals surface area contributed by atoms with Crippen molar-refractivity contribution in [3.8, 4) is 0 Å². The van der Waals surface area contributed by atoms with Crippen molar-refractivity contribution in [2.45, 2.75) is 45.3 Å². The van der Waals surface area contributed by atoms with Gasteiger partial charge in [-0.2, -0.15) is 0 Å². The van der Waals surface area contributed by atoms with E-state index in [2.05, 4.69) is 53.8 Å². The quantitative estimate of drug-likeness (QED) is 0.547. The average Bonchev–Trinajstić information content (AvgIpc) is 2.36. The fourth-order valence-corrected chi connectivity index (χ4v) is 2.39. The Morgan fingerprint density at radius 1 is 1.25 bits per heavy atom. The Kier molecular flexibility index (Phi) is 3.25. The number of rotatable bonds is 1. The van der Waals surface area contributed by atoms with Crippen molar-refractivity contribution in [3.05, 3.63) is 11.5 Å². The van der Waals surface area contributed by atoms with Crippen molar-refractivity contribution in [2.75, 3.05) is 13.1 Å². The smallest absolute Gasteiger partial charge is 0.400 e. The summed E-state index contributed by atoms with van der Waals surface area (Å²) in [6.45, 7) is 10.3. The Hall–Kier alpha value is 0.165. The van der Waals surface area contributed by atoms with Crippen LogP contribution in [0.1, 0.15) is 34.1 Å². The maximum absolute atomic E-state index is 6.01. The summed E-state index contributed by atoms with van der Waals surface area (Å²) in [7, 11) is -0.189. The van der Waals surface area contributed by atoms with Crippen molar-refractivity contribution >= 4 is 23.3 Å². The van der Waals surface area contributed by atoms with Gasteiger partial charge in [0.2, 0.25) is 0 Å². The van der Waals surface area contributed by atoms with Gasteiger partial charge in [0.05, 0.1) is 11.2 Å². The molecule has 0 aromatic heterocycles. The van der Waals surface area contributed by atoms with Gasteiger partial charge in [0.1, 0.15) is 0 Å². The first-order valence-corrected chi connectivity index (χ1v) is 6.48. The summed E-state index contributed by atoms with van der Waals surface area (Å²) in [6, 6.07) is 0. The molecule has 0 atom stereocenters. The normalized spacial score (nSPS) is 29.3. The van der Waals surface area contributed by atoms with Gasteiger partial charge in [-0.05, 0) is 39.6 Å². The molecule has 3 nitrogen and oxygen atoms in total. The molecule has 2 heterocycles. The third-order valence-corrected chi connectivity index (χ3v) is 4.29. The molecule has 0 radical (unpaired) electrons. The van der Waals surface area contributed by atoms with E-state index in [9.17, 15) is 0 Å². The Morgan fingerprint density at radius 2 is 1.81 bits per heavy atom. The van der Waals surface area contributed by atoms with Gasteiger partial charge in [0.15, 0.2) is 0 Å². The lowest BCUT2D eigenvalue weighted by Crippen LogP contribution is -2.41. The van der Waals surface area contributed by atoms with Gasteiger partial charge >= 0.3 is 7.12 Å². The molecule has 0 unspecified atom stereocenters. The van der Waals surface area contributed by atoms with Gasteiger partial charge in [-0.1, -0.05) is 6.08 Å². The van der Waals surface area contributed by atoms with Crippen molar-refractivity contribution < 1.29 is 9.31 Å². The molecular weight excluding hydrogens is 269 g/mol. The molecule has 0 bridgehead atoms. The Morgan fingerprint density at radius 3 is 2.31 bits per heavy atom. The first kappa shape index (κ1) is 12.6. The second-order valence-electron chi connectivity index (χ2n) is 5.50. The standard InChI is InChI=1S/C11H19BBrNO2/c1-10(2)11(3,4)16-12(15-10)9-6-5-7-14(13)8-9/h6H,5,7-8H2,1-4H3. The van der Waals surface area contributed by atoms with Crippen molar-refractivity contribution in [3.63, 3.8) is 0 Å². The van der Waals surface area contributed by atoms with Gasteiger partial charge in [-0.25, -0.2) is 3.93 Å². The van der Waals surface area contributed by atoms with Crippen LogP contribution < -0.4 is 0 Å². The summed E-state index contributed by atoms with van der Waals surface area (Å²) in [4.78, 5) is 0. The van der Waals surface area contributed by atoms with Crippen LogP contribution >= 0.6 is 16.1 Å². The number of halogens is 1. The molecular formula is C11H19BBrNO2. The summed E-state index contributed by atoms with van der Waals surface area (Å²) in [6.07, 6.45) is 3.28. The first-order chi connectivity index (χ1) is 7.32. The van der Waals surface area contributed by atoms with E-state index in [-0.39, 0.29) is 18.3 Å². The minimum absolute atomic E-state index is 0.189. The Balaban J connectivity index is 2.11. The lowest BCUT2D eigenvalue weighted by atomic mass is 9.76. The third kappa shape index (κ3) is 2.23. The highest BCUT2D eigenvalue weighted by Gasteiger charge is 2.52. The molecule has 0 aromatic carbocycles. The summed E-state index contributed by atoms with van der Waals surface area (Å²) < 4.78 is 14.1. The summed E-state index contributed by atoms with van der Waals surface area (Å²) in [5.41, 5.74) is 0.738. The largest absolute Gasteiger partial charge is 0.491 e. The van der Waals surface area contributed by atoms with Crippen LogP contribution in [0.15, 0.2) is 11.5 Å². The molecule has 5 heteroatoms. The number of hydrogen-bond acceptors (Lipinski definition) is 3. The lowest BCUT2D eigenvalue weighted by Gasteiger charge is -2.32. The monoisotopic (exact) mass is 287 g/mol. The third-order valence-electron chi connectivity index (χ3n) is 3.69. The molecule has 0 aliphatic carbocycles. The zero-order chi connectivity index (χ0) is 12.0. The van der Waals surface area contributed by atoms with Gasteiger partial charge < -0.3 is 9.31 Å². The van der Waals surface area contributed by atoms with Gasteiger partial charge in [0.25, 0.3) is 0 Å². The maximum atomic E-state index is 6.01. The predicted molar refractivity (Wildman–Crippen MR) is 69.3 cm³/mol. The molecule has 2 rings (SSSR count). The number of hydrogen-bond donors (Lipinski definition) is 0. The molecule has 0 aromatic rings. The fraction of sp³-hybridized carbons (Fsp3) is 0.818. The second-order valence-corrected chi connectivity index (χ2v) is 6.50. The minimum Gasteiger partial charge on any atom is -0.400 e. The van der Waals surface area contributed by atoms with E-state index in [1.807, 2.05) is 0 Å². The van der Waals surface area contributed by atoms with E-state index >= 15 is 0 Å². The van der Waals surface area contributed by atoms with Gasteiger partial charge in [-0.15, -0.1) is 0 Å². The molecule has 2 aliphatic rings. The van der Waals surface area contributed by atoms with E-state index in [0.717, 1.165) is 19.5 Å². The zero-order valence-electron chi connectivity index (χ0n) is 10.4. The van der Waals surface area contributed by atoms with Crippen molar-refractivity contribution in [1.29, 1.82) is 0 Å². The second kappa shape index (κ2) is 4.12. The van der Waals surface area contributed by atoms with E-state index in [1.54, 1.807) is 0 Å². The Bertz CT molecular complexity index is 301. The van der Waals surface area contributed by atoms with Crippen LogP contribution in [0.2, 0.25) is 0 Å². The first-order valence-electron chi connectivity index (χ1n) is 5.77. The van der Waals surface area contributed by atoms with Gasteiger partial charge in [-0.3, -0.25) is 0 Å². The van der Waals surface area contributed by atoms with E-state index in [1.165, 1.54) is 5.47 Å². The fourth-order valence-electron chi connectivity index (χ4n) is 1.90. The zero-order valence-corrected chi connectivity index (χ0v) is 12.0. The molecule has 0 spiro atoms. The SMILES string of the molecule is CC1(C)OB(C2=CCCN(Br)C2)OC1(C)C. The highest BCUT2D eigenvalue weighted by atomic mass is 79.9. The molecule has 1 saturated heterocycles. The van der Waals surface area contributed by atoms with Crippen LogP contribution in [0.25, 0.3) is 0 Å². The van der Waals surface area contributed by atoms with Crippen LogP contribution in [-0.4, -0.2) is 35.3 Å². The van der Waals surface area contributed by atoms with E-state index < -0.39 is 0 Å². The van der Waals surface area contributed by atoms with Crippen molar-refractivity contribution in [2.24, 2.45) is 0 Å². The highest BCUT2D eigenvalue weighted by Crippen LogP contribution is 2.39. The van der Waals surface area contributed by atoms with Crippen LogP contribution in [0.4, 0.5) is 0 Å². The molecule has 90 valence electrons. The molecule has 0 amide bonds. The lowest BCUT2D eigenvalue weighted by molar-refractivity contribution is 0.00578. The summed E-state index contributed by atoms with van der Waals surface area (Å²) >= 11 is 3.51. The van der Waals surface area contributed by atoms with Crippen molar-refractivity contribution in [1.82, 2.24) is 3.93 Å². The summed E-state index contributed by atoms with van der Waals surface area (Å²) in [5.74, 6) is 0. The Labute approximate surface area is 107 Å². The summed E-state index contributed by atoms with van der Waals surface area (Å²) in [5, 5.41) is 0. The topological polar surface area (TPSA) is 21.7 Å².